The second-order valence-corrected chi connectivity index (χ2v) is 6.93. The van der Waals surface area contributed by atoms with Gasteiger partial charge >= 0.3 is 0 Å². The lowest BCUT2D eigenvalue weighted by atomic mass is 10.1. The lowest BCUT2D eigenvalue weighted by Gasteiger charge is -2.17. The molecule has 1 saturated heterocycles. The lowest BCUT2D eigenvalue weighted by molar-refractivity contribution is -0.128. The molecule has 4 nitrogen and oxygen atoms in total. The maximum Gasteiger partial charge on any atom is 0.229 e. The second kappa shape index (κ2) is 7.89. The molecule has 0 radical (unpaired) electrons. The van der Waals surface area contributed by atoms with Crippen LogP contribution in [-0.2, 0) is 16.0 Å². The van der Waals surface area contributed by atoms with Gasteiger partial charge < -0.3 is 10.2 Å². The number of hydrogen-bond acceptors (Lipinski definition) is 2. The Morgan fingerprint density at radius 1 is 1.16 bits per heavy atom. The van der Waals surface area contributed by atoms with Crippen molar-refractivity contribution in [2.75, 3.05) is 18.4 Å². The molecule has 2 aromatic carbocycles. The van der Waals surface area contributed by atoms with Gasteiger partial charge in [0.2, 0.25) is 11.8 Å². The fraction of sp³-hybridized carbons (Fsp3) is 0.263. The van der Waals surface area contributed by atoms with Crippen LogP contribution in [0.15, 0.2) is 48.5 Å². The number of rotatable bonds is 5. The molecule has 1 aliphatic rings. The van der Waals surface area contributed by atoms with E-state index in [0.717, 1.165) is 6.42 Å². The van der Waals surface area contributed by atoms with Gasteiger partial charge in [0.25, 0.3) is 0 Å². The Morgan fingerprint density at radius 2 is 1.92 bits per heavy atom. The summed E-state index contributed by atoms with van der Waals surface area (Å²) < 4.78 is 0. The second-order valence-electron chi connectivity index (χ2n) is 6.09. The Labute approximate surface area is 156 Å². The molecule has 6 heteroatoms. The van der Waals surface area contributed by atoms with Crippen LogP contribution < -0.4 is 5.32 Å². The molecule has 0 saturated carbocycles. The van der Waals surface area contributed by atoms with Crippen LogP contribution in [0, 0.1) is 5.92 Å². The number of likely N-dealkylation sites (tertiary alicyclic amines) is 1. The van der Waals surface area contributed by atoms with Crippen LogP contribution in [0.1, 0.15) is 12.0 Å². The molecular formula is C19H18Cl2N2O2. The number of amides is 2. The van der Waals surface area contributed by atoms with Crippen LogP contribution in [0.3, 0.4) is 0 Å². The van der Waals surface area contributed by atoms with Gasteiger partial charge in [-0.1, -0.05) is 53.5 Å². The van der Waals surface area contributed by atoms with Crippen LogP contribution in [0.4, 0.5) is 5.69 Å². The number of carbonyl (C=O) groups excluding carboxylic acids is 2. The van der Waals surface area contributed by atoms with Crippen LogP contribution in [0.25, 0.3) is 0 Å². The Kier molecular flexibility index (Phi) is 5.61. The number of benzene rings is 2. The zero-order valence-electron chi connectivity index (χ0n) is 13.5. The first-order valence-corrected chi connectivity index (χ1v) is 8.86. The Hall–Kier alpha value is -2.04. The molecule has 1 N–H and O–H groups in total. The lowest BCUT2D eigenvalue weighted by Crippen LogP contribution is -2.30. The molecule has 1 heterocycles. The molecule has 2 amide bonds. The summed E-state index contributed by atoms with van der Waals surface area (Å²) in [6.45, 7) is 1.04. The molecule has 1 fully saturated rings. The van der Waals surface area contributed by atoms with Gasteiger partial charge in [-0.05, 0) is 30.2 Å². The van der Waals surface area contributed by atoms with E-state index in [2.05, 4.69) is 5.32 Å². The maximum atomic E-state index is 12.5. The van der Waals surface area contributed by atoms with Crippen LogP contribution in [0.5, 0.6) is 0 Å². The molecule has 2 aromatic rings. The number of carbonyl (C=O) groups is 2. The van der Waals surface area contributed by atoms with Crippen molar-refractivity contribution in [2.45, 2.75) is 12.8 Å². The largest absolute Gasteiger partial charge is 0.342 e. The summed E-state index contributed by atoms with van der Waals surface area (Å²) in [7, 11) is 0. The van der Waals surface area contributed by atoms with Crippen molar-refractivity contribution in [3.05, 3.63) is 64.1 Å². The Bertz CT molecular complexity index is 780. The van der Waals surface area contributed by atoms with Crippen molar-refractivity contribution in [2.24, 2.45) is 5.92 Å². The molecule has 0 aromatic heterocycles. The molecule has 130 valence electrons. The summed E-state index contributed by atoms with van der Waals surface area (Å²) in [6, 6.07) is 14.9. The predicted molar refractivity (Wildman–Crippen MR) is 99.9 cm³/mol. The number of nitrogens with zero attached hydrogens (tertiary/aromatic N) is 1. The Morgan fingerprint density at radius 3 is 2.68 bits per heavy atom. The minimum absolute atomic E-state index is 0.00766. The highest BCUT2D eigenvalue weighted by Gasteiger charge is 2.34. The third-order valence-corrected chi connectivity index (χ3v) is 4.85. The van der Waals surface area contributed by atoms with Crippen molar-refractivity contribution < 1.29 is 9.59 Å². The number of anilines is 1. The topological polar surface area (TPSA) is 49.4 Å². The van der Waals surface area contributed by atoms with Gasteiger partial charge in [0.05, 0.1) is 16.6 Å². The molecule has 1 atom stereocenters. The predicted octanol–water partition coefficient (Wildman–Crippen LogP) is 4.02. The molecule has 0 spiro atoms. The standard InChI is InChI=1S/C19H18Cl2N2O2/c20-15-6-7-16(21)17(11-15)22-19(25)14-10-18(24)23(12-14)9-8-13-4-2-1-3-5-13/h1-7,11,14H,8-10,12H2,(H,22,25)/t14-/m0/s1. The summed E-state index contributed by atoms with van der Waals surface area (Å²) in [5.74, 6) is -0.577. The van der Waals surface area contributed by atoms with E-state index in [1.165, 1.54) is 5.56 Å². The summed E-state index contributed by atoms with van der Waals surface area (Å²) in [6.07, 6.45) is 1.000. The summed E-state index contributed by atoms with van der Waals surface area (Å²) in [5, 5.41) is 3.69. The van der Waals surface area contributed by atoms with Crippen molar-refractivity contribution in [3.8, 4) is 0 Å². The van der Waals surface area contributed by atoms with Crippen molar-refractivity contribution >= 4 is 40.7 Å². The van der Waals surface area contributed by atoms with E-state index >= 15 is 0 Å². The highest BCUT2D eigenvalue weighted by atomic mass is 35.5. The fourth-order valence-electron chi connectivity index (χ4n) is 2.90. The van der Waals surface area contributed by atoms with Crippen molar-refractivity contribution in [1.29, 1.82) is 0 Å². The SMILES string of the molecule is O=C(Nc1cc(Cl)ccc1Cl)[C@H]1CC(=O)N(CCc2ccccc2)C1. The first-order valence-electron chi connectivity index (χ1n) is 8.10. The van der Waals surface area contributed by atoms with E-state index < -0.39 is 0 Å². The zero-order valence-corrected chi connectivity index (χ0v) is 15.1. The average Bonchev–Trinajstić information content (AvgIpc) is 2.98. The number of hydrogen-bond donors (Lipinski definition) is 1. The van der Waals surface area contributed by atoms with Gasteiger partial charge in [0.1, 0.15) is 0 Å². The first-order chi connectivity index (χ1) is 12.0. The van der Waals surface area contributed by atoms with Crippen LogP contribution >= 0.6 is 23.2 Å². The normalized spacial score (nSPS) is 17.0. The van der Waals surface area contributed by atoms with Crippen molar-refractivity contribution in [3.63, 3.8) is 0 Å². The van der Waals surface area contributed by atoms with Gasteiger partial charge in [-0.2, -0.15) is 0 Å². The van der Waals surface area contributed by atoms with Crippen molar-refractivity contribution in [1.82, 2.24) is 4.90 Å². The van der Waals surface area contributed by atoms with Gasteiger partial charge in [-0.15, -0.1) is 0 Å². The van der Waals surface area contributed by atoms with E-state index in [-0.39, 0.29) is 24.2 Å². The maximum absolute atomic E-state index is 12.5. The Balaban J connectivity index is 1.58. The number of halogens is 2. The van der Waals surface area contributed by atoms with E-state index in [1.807, 2.05) is 30.3 Å². The minimum Gasteiger partial charge on any atom is -0.342 e. The van der Waals surface area contributed by atoms with Gasteiger partial charge in [-0.3, -0.25) is 9.59 Å². The van der Waals surface area contributed by atoms with E-state index in [1.54, 1.807) is 23.1 Å². The molecule has 3 rings (SSSR count). The molecule has 0 unspecified atom stereocenters. The highest BCUT2D eigenvalue weighted by Crippen LogP contribution is 2.27. The van der Waals surface area contributed by atoms with Crippen LogP contribution in [-0.4, -0.2) is 29.8 Å². The highest BCUT2D eigenvalue weighted by molar-refractivity contribution is 6.35. The monoisotopic (exact) mass is 376 g/mol. The summed E-state index contributed by atoms with van der Waals surface area (Å²) >= 11 is 12.0. The van der Waals surface area contributed by atoms with E-state index in [4.69, 9.17) is 23.2 Å². The summed E-state index contributed by atoms with van der Waals surface area (Å²) in [4.78, 5) is 26.4. The molecule has 25 heavy (non-hydrogen) atoms. The molecule has 0 bridgehead atoms. The third-order valence-electron chi connectivity index (χ3n) is 4.28. The quantitative estimate of drug-likeness (QED) is 0.856. The molecule has 0 aliphatic carbocycles. The summed E-state index contributed by atoms with van der Waals surface area (Å²) in [5.41, 5.74) is 1.64. The fourth-order valence-corrected chi connectivity index (χ4v) is 3.24. The first kappa shape index (κ1) is 17.8. The minimum atomic E-state index is -0.377. The van der Waals surface area contributed by atoms with E-state index in [0.29, 0.717) is 28.8 Å². The zero-order chi connectivity index (χ0) is 17.8. The third kappa shape index (κ3) is 4.53. The van der Waals surface area contributed by atoms with Gasteiger partial charge in [-0.25, -0.2) is 0 Å². The average molecular weight is 377 g/mol. The van der Waals surface area contributed by atoms with Gasteiger partial charge in [0, 0.05) is 24.5 Å². The number of nitrogens with one attached hydrogen (secondary N) is 1. The van der Waals surface area contributed by atoms with Gasteiger partial charge in [0.15, 0.2) is 0 Å². The molecule has 1 aliphatic heterocycles. The molecular weight excluding hydrogens is 359 g/mol. The van der Waals surface area contributed by atoms with E-state index in [9.17, 15) is 9.59 Å². The van der Waals surface area contributed by atoms with Crippen LogP contribution in [0.2, 0.25) is 10.0 Å². The smallest absolute Gasteiger partial charge is 0.229 e.